The van der Waals surface area contributed by atoms with Gasteiger partial charge in [-0.05, 0) is 12.1 Å². The average Bonchev–Trinajstić information content (AvgIpc) is 2.46. The van der Waals surface area contributed by atoms with Gasteiger partial charge in [-0.15, -0.1) is 13.2 Å². The smallest absolute Gasteiger partial charge is 0.388 e. The van der Waals surface area contributed by atoms with E-state index in [2.05, 4.69) is 20.2 Å². The molecule has 0 saturated carbocycles. The summed E-state index contributed by atoms with van der Waals surface area (Å²) in [6, 6.07) is 5.45. The molecule has 2 rings (SSSR count). The number of amides is 1. The number of rotatable bonds is 5. The van der Waals surface area contributed by atoms with Crippen LogP contribution in [0.4, 0.5) is 30.4 Å². The first-order valence-electron chi connectivity index (χ1n) is 6.57. The number of carbonyl (C=O) groups is 1. The maximum absolute atomic E-state index is 12.3. The van der Waals surface area contributed by atoms with Crippen molar-refractivity contribution in [2.45, 2.75) is 13.3 Å². The highest BCUT2D eigenvalue weighted by Crippen LogP contribution is 2.29. The van der Waals surface area contributed by atoms with Crippen LogP contribution in [0.15, 0.2) is 36.7 Å². The highest BCUT2D eigenvalue weighted by Gasteiger charge is 2.32. The normalized spacial score (nSPS) is 11.0. The van der Waals surface area contributed by atoms with Gasteiger partial charge in [-0.2, -0.15) is 0 Å². The molecular formula is C14H13F3N4O3. The van der Waals surface area contributed by atoms with Crippen molar-refractivity contribution in [2.24, 2.45) is 0 Å². The zero-order valence-electron chi connectivity index (χ0n) is 12.7. The van der Waals surface area contributed by atoms with Crippen LogP contribution in [0.2, 0.25) is 0 Å². The molecule has 2 heterocycles. The fourth-order valence-corrected chi connectivity index (χ4v) is 1.91. The van der Waals surface area contributed by atoms with E-state index in [0.717, 1.165) is 17.2 Å². The Bertz CT molecular complexity index is 724. The first kappa shape index (κ1) is 17.5. The first-order valence-corrected chi connectivity index (χ1v) is 6.57. The number of pyridine rings is 2. The number of ether oxygens (including phenoxy) is 1. The number of nitrogens with zero attached hydrogens (tertiary/aromatic N) is 3. The molecule has 2 aromatic heterocycles. The maximum Gasteiger partial charge on any atom is 0.574 e. The van der Waals surface area contributed by atoms with E-state index in [0.29, 0.717) is 5.69 Å². The molecule has 0 aromatic carbocycles. The summed E-state index contributed by atoms with van der Waals surface area (Å²) in [6.45, 7) is 1.25. The summed E-state index contributed by atoms with van der Waals surface area (Å²) in [5.41, 5.74) is 3.20. The molecule has 0 saturated heterocycles. The molecule has 24 heavy (non-hydrogen) atoms. The molecular weight excluding hydrogens is 329 g/mol. The average molecular weight is 342 g/mol. The van der Waals surface area contributed by atoms with Gasteiger partial charge in [0.25, 0.3) is 0 Å². The van der Waals surface area contributed by atoms with Gasteiger partial charge in [0.1, 0.15) is 5.82 Å². The summed E-state index contributed by atoms with van der Waals surface area (Å²) in [4.78, 5) is 25.4. The molecule has 1 amide bonds. The van der Waals surface area contributed by atoms with Crippen LogP contribution in [0.3, 0.4) is 0 Å². The summed E-state index contributed by atoms with van der Waals surface area (Å²) < 4.78 is 40.7. The lowest BCUT2D eigenvalue weighted by Gasteiger charge is -2.21. The molecule has 0 aliphatic heterocycles. The minimum atomic E-state index is -4.88. The molecule has 128 valence electrons. The predicted octanol–water partition coefficient (Wildman–Crippen LogP) is 3.03. The van der Waals surface area contributed by atoms with Gasteiger partial charge in [0, 0.05) is 31.5 Å². The highest BCUT2D eigenvalue weighted by molar-refractivity contribution is 5.98. The Kier molecular flexibility index (Phi) is 5.19. The fourth-order valence-electron chi connectivity index (χ4n) is 1.91. The quantitative estimate of drug-likeness (QED) is 0.842. The second-order valence-corrected chi connectivity index (χ2v) is 4.46. The summed E-state index contributed by atoms with van der Waals surface area (Å²) in [5, 5.41) is 0. The van der Waals surface area contributed by atoms with Crippen molar-refractivity contribution < 1.29 is 27.5 Å². The van der Waals surface area contributed by atoms with Crippen molar-refractivity contribution in [1.29, 1.82) is 0 Å². The van der Waals surface area contributed by atoms with E-state index in [4.69, 9.17) is 4.84 Å². The number of carbonyl (C=O) groups excluding carboxylic acids is 1. The Morgan fingerprint density at radius 1 is 1.21 bits per heavy atom. The van der Waals surface area contributed by atoms with Crippen LogP contribution in [0.25, 0.3) is 0 Å². The van der Waals surface area contributed by atoms with Crippen molar-refractivity contribution in [3.63, 3.8) is 0 Å². The van der Waals surface area contributed by atoms with Crippen molar-refractivity contribution >= 4 is 23.1 Å². The first-order chi connectivity index (χ1) is 11.3. The third-order valence-corrected chi connectivity index (χ3v) is 2.71. The summed E-state index contributed by atoms with van der Waals surface area (Å²) >= 11 is 0. The van der Waals surface area contributed by atoms with E-state index in [9.17, 15) is 18.0 Å². The molecule has 0 bridgehead atoms. The van der Waals surface area contributed by atoms with Gasteiger partial charge in [-0.3, -0.25) is 20.0 Å². The van der Waals surface area contributed by atoms with Gasteiger partial charge in [0.2, 0.25) is 11.8 Å². The van der Waals surface area contributed by atoms with Crippen molar-refractivity contribution in [1.82, 2.24) is 9.97 Å². The van der Waals surface area contributed by atoms with Crippen LogP contribution in [-0.4, -0.2) is 29.3 Å². The second-order valence-electron chi connectivity index (χ2n) is 4.46. The van der Waals surface area contributed by atoms with Crippen LogP contribution >= 0.6 is 0 Å². The van der Waals surface area contributed by atoms with Crippen molar-refractivity contribution in [2.75, 3.05) is 17.5 Å². The monoisotopic (exact) mass is 342 g/mol. The molecule has 0 aliphatic rings. The van der Waals surface area contributed by atoms with Gasteiger partial charge < -0.3 is 4.74 Å². The Hall–Kier alpha value is -2.88. The van der Waals surface area contributed by atoms with Gasteiger partial charge in [-0.25, -0.2) is 9.97 Å². The van der Waals surface area contributed by atoms with Crippen LogP contribution in [0.1, 0.15) is 6.92 Å². The minimum Gasteiger partial charge on any atom is -0.388 e. The minimum absolute atomic E-state index is 0.124. The van der Waals surface area contributed by atoms with E-state index in [1.807, 2.05) is 0 Å². The van der Waals surface area contributed by atoms with E-state index >= 15 is 0 Å². The summed E-state index contributed by atoms with van der Waals surface area (Å²) in [7, 11) is 1.41. The van der Waals surface area contributed by atoms with E-state index < -0.39 is 18.1 Å². The van der Waals surface area contributed by atoms with Crippen LogP contribution in [-0.2, 0) is 9.63 Å². The number of aromatic nitrogens is 2. The predicted molar refractivity (Wildman–Crippen MR) is 78.6 cm³/mol. The molecule has 10 heteroatoms. The van der Waals surface area contributed by atoms with Crippen LogP contribution in [0.5, 0.6) is 5.88 Å². The number of hydrogen-bond acceptors (Lipinski definition) is 6. The zero-order chi connectivity index (χ0) is 17.7. The second kappa shape index (κ2) is 7.13. The standard InChI is InChI=1S/C14H13F3N4O3/c1-9(22)21(12-7-10(20-23-2)3-5-18-12)11-4-6-19-13(8-11)24-14(15,16)17/h3-8H,1-2H3,(H,18,20). The number of halogens is 3. The van der Waals surface area contributed by atoms with Gasteiger partial charge in [-0.1, -0.05) is 0 Å². The molecule has 0 radical (unpaired) electrons. The number of nitrogens with one attached hydrogen (secondary N) is 1. The Balaban J connectivity index is 2.39. The third kappa shape index (κ3) is 4.56. The van der Waals surface area contributed by atoms with Gasteiger partial charge in [0.15, 0.2) is 0 Å². The molecule has 0 fully saturated rings. The number of hydrogen-bond donors (Lipinski definition) is 1. The summed E-state index contributed by atoms with van der Waals surface area (Å²) in [5.74, 6) is -0.952. The zero-order valence-corrected chi connectivity index (χ0v) is 12.7. The maximum atomic E-state index is 12.3. The highest BCUT2D eigenvalue weighted by atomic mass is 19.4. The third-order valence-electron chi connectivity index (χ3n) is 2.71. The molecule has 0 spiro atoms. The van der Waals surface area contributed by atoms with E-state index in [1.165, 1.54) is 32.4 Å². The van der Waals surface area contributed by atoms with Crippen molar-refractivity contribution in [3.8, 4) is 5.88 Å². The lowest BCUT2D eigenvalue weighted by Crippen LogP contribution is -2.24. The van der Waals surface area contributed by atoms with E-state index in [1.54, 1.807) is 6.07 Å². The largest absolute Gasteiger partial charge is 0.574 e. The lowest BCUT2D eigenvalue weighted by atomic mass is 10.3. The molecule has 0 unspecified atom stereocenters. The topological polar surface area (TPSA) is 76.6 Å². The molecule has 1 N–H and O–H groups in total. The van der Waals surface area contributed by atoms with Gasteiger partial charge >= 0.3 is 6.36 Å². The number of anilines is 3. The summed E-state index contributed by atoms with van der Waals surface area (Å²) in [6.07, 6.45) is -2.36. The number of alkyl halides is 3. The SMILES string of the molecule is CONc1ccnc(N(C(C)=O)c2ccnc(OC(F)(F)F)c2)c1. The molecule has 2 aromatic rings. The Morgan fingerprint density at radius 2 is 1.92 bits per heavy atom. The van der Waals surface area contributed by atoms with Crippen molar-refractivity contribution in [3.05, 3.63) is 36.7 Å². The Morgan fingerprint density at radius 3 is 2.54 bits per heavy atom. The molecule has 0 atom stereocenters. The van der Waals surface area contributed by atoms with Crippen LogP contribution in [0, 0.1) is 0 Å². The van der Waals surface area contributed by atoms with E-state index in [-0.39, 0.29) is 11.5 Å². The fraction of sp³-hybridized carbons (Fsp3) is 0.214. The lowest BCUT2D eigenvalue weighted by molar-refractivity contribution is -0.276. The van der Waals surface area contributed by atoms with Crippen LogP contribution < -0.4 is 15.1 Å². The Labute approximate surface area is 135 Å². The molecule has 0 aliphatic carbocycles. The molecule has 7 nitrogen and oxygen atoms in total. The van der Waals surface area contributed by atoms with Gasteiger partial charge in [0.05, 0.1) is 18.5 Å².